The van der Waals surface area contributed by atoms with Crippen molar-refractivity contribution in [1.82, 2.24) is 9.80 Å². The van der Waals surface area contributed by atoms with E-state index in [0.29, 0.717) is 17.7 Å². The molecule has 10 heteroatoms. The second-order valence-corrected chi connectivity index (χ2v) is 10.8. The highest BCUT2D eigenvalue weighted by atomic mass is 32.2. The third-order valence-corrected chi connectivity index (χ3v) is 7.01. The number of benzene rings is 1. The van der Waals surface area contributed by atoms with Gasteiger partial charge in [-0.15, -0.1) is 0 Å². The lowest BCUT2D eigenvalue weighted by molar-refractivity contribution is 0.0507. The van der Waals surface area contributed by atoms with Gasteiger partial charge in [0, 0.05) is 30.9 Å². The molecule has 0 spiro atoms. The zero-order chi connectivity index (χ0) is 22.3. The first kappa shape index (κ1) is 22.2. The van der Waals surface area contributed by atoms with Crippen molar-refractivity contribution in [3.05, 3.63) is 29.3 Å². The summed E-state index contributed by atoms with van der Waals surface area (Å²) < 4.78 is 28.7. The highest BCUT2D eigenvalue weighted by Gasteiger charge is 2.42. The molecule has 0 saturated carbocycles. The maximum absolute atomic E-state index is 12.9. The van der Waals surface area contributed by atoms with Gasteiger partial charge in [-0.2, -0.15) is 0 Å². The fourth-order valence-electron chi connectivity index (χ4n) is 3.78. The number of fused-ring (bicyclic) bond motifs is 1. The molecule has 0 radical (unpaired) electrons. The van der Waals surface area contributed by atoms with Crippen LogP contribution in [0.3, 0.4) is 0 Å². The predicted octanol–water partition coefficient (Wildman–Crippen LogP) is 1.75. The summed E-state index contributed by atoms with van der Waals surface area (Å²) in [4.78, 5) is 40.9. The second-order valence-electron chi connectivity index (χ2n) is 8.55. The second kappa shape index (κ2) is 7.99. The highest BCUT2D eigenvalue weighted by Crippen LogP contribution is 2.31. The van der Waals surface area contributed by atoms with Gasteiger partial charge in [-0.05, 0) is 45.4 Å². The summed E-state index contributed by atoms with van der Waals surface area (Å²) in [6, 6.07) is 3.67. The molecule has 1 atom stereocenters. The van der Waals surface area contributed by atoms with Crippen LogP contribution in [0.4, 0.5) is 10.5 Å². The number of hydrogen-bond acceptors (Lipinski definition) is 6. The average Bonchev–Trinajstić information content (AvgIpc) is 3.12. The first-order valence-corrected chi connectivity index (χ1v) is 11.6. The quantitative estimate of drug-likeness (QED) is 0.702. The standard InChI is InChI=1S/C20H27N3O6S/c1-20(2,3)23-17(24)15-6-5-13(11-16(15)18(23)25)21-19(26)22(8-9-29-4)14-7-10-30(27,28)12-14/h5-6,11,14H,7-10,12H2,1-4H3,(H,21,26). The number of ether oxygens (including phenoxy) is 1. The lowest BCUT2D eigenvalue weighted by Gasteiger charge is -2.29. The molecule has 2 heterocycles. The summed E-state index contributed by atoms with van der Waals surface area (Å²) in [5.74, 6) is -0.802. The van der Waals surface area contributed by atoms with Crippen molar-refractivity contribution in [2.45, 2.75) is 38.8 Å². The summed E-state index contributed by atoms with van der Waals surface area (Å²) in [7, 11) is -1.66. The van der Waals surface area contributed by atoms with E-state index in [1.807, 2.05) is 0 Å². The maximum atomic E-state index is 12.9. The third-order valence-electron chi connectivity index (χ3n) is 5.26. The fraction of sp³-hybridized carbons (Fsp3) is 0.550. The maximum Gasteiger partial charge on any atom is 0.322 e. The van der Waals surface area contributed by atoms with Crippen LogP contribution < -0.4 is 5.32 Å². The van der Waals surface area contributed by atoms with Crippen LogP contribution in [-0.2, 0) is 14.6 Å². The van der Waals surface area contributed by atoms with Gasteiger partial charge in [0.1, 0.15) is 0 Å². The third kappa shape index (κ3) is 4.34. The normalized spacial score (nSPS) is 20.4. The molecular formula is C20H27N3O6S. The van der Waals surface area contributed by atoms with Crippen LogP contribution in [0.1, 0.15) is 47.9 Å². The van der Waals surface area contributed by atoms with Crippen molar-refractivity contribution in [3.63, 3.8) is 0 Å². The van der Waals surface area contributed by atoms with E-state index < -0.39 is 33.4 Å². The molecular weight excluding hydrogens is 410 g/mol. The van der Waals surface area contributed by atoms with E-state index in [9.17, 15) is 22.8 Å². The van der Waals surface area contributed by atoms with Gasteiger partial charge in [-0.3, -0.25) is 14.5 Å². The minimum absolute atomic E-state index is 0.0481. The van der Waals surface area contributed by atoms with Crippen LogP contribution in [0.2, 0.25) is 0 Å². The van der Waals surface area contributed by atoms with E-state index in [-0.39, 0.29) is 36.1 Å². The Kier molecular flexibility index (Phi) is 5.92. The molecule has 4 amide bonds. The number of nitrogens with zero attached hydrogens (tertiary/aromatic N) is 2. The number of carbonyl (C=O) groups excluding carboxylic acids is 3. The van der Waals surface area contributed by atoms with Crippen molar-refractivity contribution in [2.75, 3.05) is 37.1 Å². The minimum atomic E-state index is -3.16. The van der Waals surface area contributed by atoms with Gasteiger partial charge in [0.2, 0.25) is 0 Å². The Morgan fingerprint density at radius 2 is 1.90 bits per heavy atom. The molecule has 1 unspecified atom stereocenters. The Morgan fingerprint density at radius 3 is 2.47 bits per heavy atom. The zero-order valence-corrected chi connectivity index (χ0v) is 18.4. The number of nitrogens with one attached hydrogen (secondary N) is 1. The molecule has 0 bridgehead atoms. The van der Waals surface area contributed by atoms with Crippen molar-refractivity contribution in [2.24, 2.45) is 0 Å². The van der Waals surface area contributed by atoms with E-state index in [1.54, 1.807) is 26.8 Å². The van der Waals surface area contributed by atoms with Crippen LogP contribution in [0.15, 0.2) is 18.2 Å². The first-order chi connectivity index (χ1) is 13.9. The molecule has 2 aliphatic rings. The van der Waals surface area contributed by atoms with Crippen LogP contribution in [0.25, 0.3) is 0 Å². The summed E-state index contributed by atoms with van der Waals surface area (Å²) in [6.07, 6.45) is 0.372. The molecule has 1 aromatic carbocycles. The summed E-state index contributed by atoms with van der Waals surface area (Å²) >= 11 is 0. The van der Waals surface area contributed by atoms with Gasteiger partial charge < -0.3 is 15.0 Å². The SMILES string of the molecule is COCCN(C(=O)Nc1ccc2c(c1)C(=O)N(C(C)(C)C)C2=O)C1CCS(=O)(=O)C1. The van der Waals surface area contributed by atoms with Crippen LogP contribution >= 0.6 is 0 Å². The number of carbonyl (C=O) groups is 3. The Morgan fingerprint density at radius 1 is 1.23 bits per heavy atom. The van der Waals surface area contributed by atoms with E-state index in [0.717, 1.165) is 0 Å². The van der Waals surface area contributed by atoms with Gasteiger partial charge in [-0.1, -0.05) is 0 Å². The summed E-state index contributed by atoms with van der Waals surface area (Å²) in [5.41, 5.74) is 0.228. The molecule has 1 fully saturated rings. The molecule has 164 valence electrons. The number of hydrogen-bond donors (Lipinski definition) is 1. The zero-order valence-electron chi connectivity index (χ0n) is 17.6. The number of methoxy groups -OCH3 is 1. The average molecular weight is 438 g/mol. The molecule has 0 aromatic heterocycles. The molecule has 30 heavy (non-hydrogen) atoms. The molecule has 3 rings (SSSR count). The van der Waals surface area contributed by atoms with E-state index in [4.69, 9.17) is 4.74 Å². The highest BCUT2D eigenvalue weighted by molar-refractivity contribution is 7.91. The van der Waals surface area contributed by atoms with Gasteiger partial charge in [0.15, 0.2) is 9.84 Å². The Hall–Kier alpha value is -2.46. The predicted molar refractivity (Wildman–Crippen MR) is 111 cm³/mol. The molecule has 0 aliphatic carbocycles. The van der Waals surface area contributed by atoms with E-state index in [1.165, 1.54) is 29.0 Å². The number of amides is 4. The molecule has 2 aliphatic heterocycles. The Bertz CT molecular complexity index is 983. The lowest BCUT2D eigenvalue weighted by Crippen LogP contribution is -2.45. The number of rotatable bonds is 5. The number of sulfone groups is 1. The van der Waals surface area contributed by atoms with Gasteiger partial charge >= 0.3 is 6.03 Å². The Labute approximate surface area is 176 Å². The van der Waals surface area contributed by atoms with Gasteiger partial charge in [-0.25, -0.2) is 13.2 Å². The van der Waals surface area contributed by atoms with E-state index >= 15 is 0 Å². The number of imide groups is 1. The lowest BCUT2D eigenvalue weighted by atomic mass is 10.1. The van der Waals surface area contributed by atoms with Crippen LogP contribution in [-0.4, -0.2) is 79.4 Å². The molecule has 1 saturated heterocycles. The van der Waals surface area contributed by atoms with Gasteiger partial charge in [0.25, 0.3) is 11.8 Å². The van der Waals surface area contributed by atoms with Crippen molar-refractivity contribution >= 4 is 33.4 Å². The molecule has 1 aromatic rings. The topological polar surface area (TPSA) is 113 Å². The summed E-state index contributed by atoms with van der Waals surface area (Å²) in [5, 5.41) is 2.73. The van der Waals surface area contributed by atoms with Crippen molar-refractivity contribution in [3.8, 4) is 0 Å². The van der Waals surface area contributed by atoms with E-state index in [2.05, 4.69) is 5.32 Å². The monoisotopic (exact) mass is 437 g/mol. The number of anilines is 1. The van der Waals surface area contributed by atoms with Crippen molar-refractivity contribution < 1.29 is 27.5 Å². The largest absolute Gasteiger partial charge is 0.383 e. The number of urea groups is 1. The summed E-state index contributed by atoms with van der Waals surface area (Å²) in [6.45, 7) is 5.84. The van der Waals surface area contributed by atoms with Crippen molar-refractivity contribution in [1.29, 1.82) is 0 Å². The smallest absolute Gasteiger partial charge is 0.322 e. The van der Waals surface area contributed by atoms with Crippen LogP contribution in [0.5, 0.6) is 0 Å². The molecule has 1 N–H and O–H groups in total. The minimum Gasteiger partial charge on any atom is -0.383 e. The van der Waals surface area contributed by atoms with Gasteiger partial charge in [0.05, 0.1) is 29.2 Å². The van der Waals surface area contributed by atoms with Crippen LogP contribution in [0, 0.1) is 0 Å². The Balaban J connectivity index is 1.81. The first-order valence-electron chi connectivity index (χ1n) is 9.74. The fourth-order valence-corrected chi connectivity index (χ4v) is 5.51. The molecule has 9 nitrogen and oxygen atoms in total.